The Kier molecular flexibility index (Phi) is 18.4. The van der Waals surface area contributed by atoms with E-state index in [1.807, 2.05) is 0 Å². The van der Waals surface area contributed by atoms with E-state index in [9.17, 15) is 9.90 Å². The van der Waals surface area contributed by atoms with Gasteiger partial charge < -0.3 is 24.9 Å². The van der Waals surface area contributed by atoms with E-state index in [2.05, 4.69) is 0 Å². The van der Waals surface area contributed by atoms with E-state index in [0.29, 0.717) is 0 Å². The van der Waals surface area contributed by atoms with Crippen LogP contribution in [0.3, 0.4) is 0 Å². The largest absolute Gasteiger partial charge is 2.00 e. The van der Waals surface area contributed by atoms with Crippen molar-refractivity contribution >= 4 is 103 Å². The Morgan fingerprint density at radius 3 is 1.40 bits per heavy atom. The zero-order chi connectivity index (χ0) is 10.3. The third kappa shape index (κ3) is 14.9. The summed E-state index contributed by atoms with van der Waals surface area (Å²) < 4.78 is 0. The standard InChI is InChI=1S/C7H6O2.CH2O3.2Sr/c8-7(9)6-4-2-1-3-5-6;2-1(3)4;;/h1-5H,(H,8,9);(H2,2,3,4);;/q;;2*+2/p-3. The van der Waals surface area contributed by atoms with Crippen LogP contribution in [0.15, 0.2) is 30.3 Å². The molecular weight excluding hydrogens is 351 g/mol. The molecule has 0 atom stereocenters. The molecule has 0 spiro atoms. The van der Waals surface area contributed by atoms with Crippen LogP contribution in [-0.4, -0.2) is 103 Å². The molecular formula is C8H5O5Sr2+. The number of rotatable bonds is 1. The maximum atomic E-state index is 10.1. The monoisotopic (exact) mass is 357 g/mol. The molecule has 0 unspecified atom stereocenters. The summed E-state index contributed by atoms with van der Waals surface area (Å²) in [6, 6.07) is 8.06. The molecule has 1 rings (SSSR count). The fourth-order valence-corrected chi connectivity index (χ4v) is 0.574. The summed E-state index contributed by atoms with van der Waals surface area (Å²) >= 11 is 0. The fraction of sp³-hybridized carbons (Fsp3) is 0. The summed E-state index contributed by atoms with van der Waals surface area (Å²) in [5.41, 5.74) is 0.220. The smallest absolute Gasteiger partial charge is 0.652 e. The van der Waals surface area contributed by atoms with E-state index in [1.54, 1.807) is 18.2 Å². The van der Waals surface area contributed by atoms with Crippen molar-refractivity contribution in [1.29, 1.82) is 0 Å². The molecule has 0 saturated heterocycles. The van der Waals surface area contributed by atoms with Crippen molar-refractivity contribution in [3.05, 3.63) is 35.9 Å². The number of benzene rings is 1. The van der Waals surface area contributed by atoms with Gasteiger partial charge in [-0.05, 0) is 11.7 Å². The van der Waals surface area contributed by atoms with Gasteiger partial charge in [-0.3, -0.25) is 0 Å². The molecule has 0 aliphatic carbocycles. The van der Waals surface area contributed by atoms with Gasteiger partial charge in [-0.25, -0.2) is 0 Å². The molecule has 15 heavy (non-hydrogen) atoms. The number of aromatic carboxylic acids is 1. The van der Waals surface area contributed by atoms with Crippen LogP contribution in [0.1, 0.15) is 10.4 Å². The van der Waals surface area contributed by atoms with E-state index in [4.69, 9.17) is 15.0 Å². The van der Waals surface area contributed by atoms with E-state index in [0.717, 1.165) is 0 Å². The van der Waals surface area contributed by atoms with Crippen LogP contribution in [-0.2, 0) is 0 Å². The van der Waals surface area contributed by atoms with Gasteiger partial charge in [0.1, 0.15) is 0 Å². The van der Waals surface area contributed by atoms with Gasteiger partial charge in [-0.1, -0.05) is 30.3 Å². The van der Waals surface area contributed by atoms with Crippen LogP contribution in [0.4, 0.5) is 4.79 Å². The molecule has 0 aliphatic heterocycles. The Morgan fingerprint density at radius 2 is 1.20 bits per heavy atom. The van der Waals surface area contributed by atoms with Gasteiger partial charge in [0.15, 0.2) is 0 Å². The predicted molar refractivity (Wildman–Crippen MR) is 47.7 cm³/mol. The van der Waals surface area contributed by atoms with Gasteiger partial charge in [0, 0.05) is 0 Å². The summed E-state index contributed by atoms with van der Waals surface area (Å²) in [4.78, 5) is 18.4. The van der Waals surface area contributed by atoms with Crippen molar-refractivity contribution in [2.45, 2.75) is 0 Å². The average molecular weight is 356 g/mol. The van der Waals surface area contributed by atoms with Crippen molar-refractivity contribution < 1.29 is 24.9 Å². The fourth-order valence-electron chi connectivity index (χ4n) is 0.574. The van der Waals surface area contributed by atoms with Gasteiger partial charge in [-0.2, -0.15) is 0 Å². The Hall–Kier alpha value is 0.921. The molecule has 0 aromatic heterocycles. The molecule has 0 fully saturated rings. The SMILES string of the molecule is O=C([O-])[O-].O=C([O-])c1ccccc1.[Sr+2].[Sr+2]. The van der Waals surface area contributed by atoms with Crippen LogP contribution in [0.25, 0.3) is 0 Å². The molecule has 0 radical (unpaired) electrons. The van der Waals surface area contributed by atoms with Gasteiger partial charge in [0.2, 0.25) is 0 Å². The molecule has 7 heteroatoms. The molecule has 0 heterocycles. The molecule has 0 amide bonds. The molecule has 0 aliphatic rings. The molecule has 0 bridgehead atoms. The van der Waals surface area contributed by atoms with Crippen molar-refractivity contribution in [2.24, 2.45) is 0 Å². The zero-order valence-corrected chi connectivity index (χ0v) is 14.8. The second-order valence-electron chi connectivity index (χ2n) is 1.90. The second kappa shape index (κ2) is 13.0. The first-order valence-corrected chi connectivity index (χ1v) is 3.18. The molecule has 0 saturated carbocycles. The first-order chi connectivity index (χ1) is 6.04. The van der Waals surface area contributed by atoms with Crippen LogP contribution >= 0.6 is 0 Å². The first-order valence-electron chi connectivity index (χ1n) is 3.18. The minimum absolute atomic E-state index is 0. The van der Waals surface area contributed by atoms with Crippen molar-refractivity contribution in [3.8, 4) is 0 Å². The third-order valence-electron chi connectivity index (χ3n) is 1.01. The Morgan fingerprint density at radius 1 is 0.867 bits per heavy atom. The van der Waals surface area contributed by atoms with Crippen molar-refractivity contribution in [1.82, 2.24) is 0 Å². The molecule has 1 aromatic rings. The van der Waals surface area contributed by atoms with Gasteiger partial charge >= 0.3 is 91.0 Å². The Bertz CT molecular complexity index is 284. The Balaban J connectivity index is -0.000000213. The first kappa shape index (κ1) is 21.2. The van der Waals surface area contributed by atoms with Crippen molar-refractivity contribution in [3.63, 3.8) is 0 Å². The zero-order valence-electron chi connectivity index (χ0n) is 7.84. The topological polar surface area (TPSA) is 103 Å². The molecule has 70 valence electrons. The predicted octanol–water partition coefficient (Wildman–Crippen LogP) is -3.16. The van der Waals surface area contributed by atoms with E-state index in [-0.39, 0.29) is 96.5 Å². The van der Waals surface area contributed by atoms with E-state index in [1.165, 1.54) is 12.1 Å². The number of carbonyl (C=O) groups excluding carboxylic acids is 2. The molecule has 1 aromatic carbocycles. The summed E-state index contributed by atoms with van der Waals surface area (Å²) in [6.07, 6.45) is -2.33. The normalized spacial score (nSPS) is 6.93. The summed E-state index contributed by atoms with van der Waals surface area (Å²) in [5, 5.41) is 26.8. The summed E-state index contributed by atoms with van der Waals surface area (Å²) in [7, 11) is 0. The van der Waals surface area contributed by atoms with E-state index < -0.39 is 12.1 Å². The number of hydrogen-bond acceptors (Lipinski definition) is 5. The second-order valence-corrected chi connectivity index (χ2v) is 1.90. The number of carbonyl (C=O) groups is 2. The van der Waals surface area contributed by atoms with Gasteiger partial charge in [0.05, 0.1) is 5.97 Å². The molecule has 0 N–H and O–H groups in total. The van der Waals surface area contributed by atoms with Gasteiger partial charge in [0.25, 0.3) is 0 Å². The van der Waals surface area contributed by atoms with Crippen LogP contribution in [0, 0.1) is 0 Å². The quantitative estimate of drug-likeness (QED) is 0.494. The minimum Gasteiger partial charge on any atom is -0.652 e. The molecule has 5 nitrogen and oxygen atoms in total. The van der Waals surface area contributed by atoms with Crippen molar-refractivity contribution in [2.75, 3.05) is 0 Å². The summed E-state index contributed by atoms with van der Waals surface area (Å²) in [6.45, 7) is 0. The van der Waals surface area contributed by atoms with Crippen LogP contribution in [0.5, 0.6) is 0 Å². The maximum absolute atomic E-state index is 10.1. The third-order valence-corrected chi connectivity index (χ3v) is 1.01. The number of carboxylic acid groups (broad SMARTS) is 3. The van der Waals surface area contributed by atoms with Crippen LogP contribution < -0.4 is 15.3 Å². The maximum Gasteiger partial charge on any atom is 2.00 e. The van der Waals surface area contributed by atoms with Gasteiger partial charge in [-0.15, -0.1) is 0 Å². The Labute approximate surface area is 161 Å². The van der Waals surface area contributed by atoms with Crippen LogP contribution in [0.2, 0.25) is 0 Å². The number of hydrogen-bond donors (Lipinski definition) is 0. The minimum atomic E-state index is -2.33. The van der Waals surface area contributed by atoms with E-state index >= 15 is 0 Å². The number of carboxylic acids is 1. The average Bonchev–Trinajstić information content (AvgIpc) is 2.05. The summed E-state index contributed by atoms with van der Waals surface area (Å²) in [5.74, 6) is -1.13.